The molecule has 3 rings (SSSR count). The monoisotopic (exact) mass is 421 g/mol. The molecule has 0 saturated heterocycles. The fourth-order valence-electron chi connectivity index (χ4n) is 2.97. The molecule has 0 atom stereocenters. The number of aryl methyl sites for hydroxylation is 1. The van der Waals surface area contributed by atoms with Gasteiger partial charge in [-0.3, -0.25) is 9.59 Å². The predicted octanol–water partition coefficient (Wildman–Crippen LogP) is 3.99. The molecular formula is C24H24FN3O3. The molecule has 1 heterocycles. The number of halogens is 1. The minimum absolute atomic E-state index is 0.0587. The molecule has 160 valence electrons. The van der Waals surface area contributed by atoms with Crippen molar-refractivity contribution in [3.05, 3.63) is 82.9 Å². The number of carbonyl (C=O) groups is 2. The van der Waals surface area contributed by atoms with E-state index in [1.807, 2.05) is 13.8 Å². The zero-order chi connectivity index (χ0) is 22.5. The molecule has 6 nitrogen and oxygen atoms in total. The summed E-state index contributed by atoms with van der Waals surface area (Å²) in [5.41, 5.74) is 3.70. The van der Waals surface area contributed by atoms with Crippen LogP contribution in [0.2, 0.25) is 0 Å². The van der Waals surface area contributed by atoms with Crippen LogP contribution < -0.4 is 4.74 Å². The van der Waals surface area contributed by atoms with Gasteiger partial charge in [0, 0.05) is 30.9 Å². The second-order valence-corrected chi connectivity index (χ2v) is 7.27. The maximum absolute atomic E-state index is 13.2. The molecule has 31 heavy (non-hydrogen) atoms. The van der Waals surface area contributed by atoms with Gasteiger partial charge in [0.2, 0.25) is 0 Å². The van der Waals surface area contributed by atoms with E-state index < -0.39 is 0 Å². The van der Waals surface area contributed by atoms with E-state index in [2.05, 4.69) is 5.10 Å². The molecule has 0 radical (unpaired) electrons. The van der Waals surface area contributed by atoms with Gasteiger partial charge in [-0.05, 0) is 74.5 Å². The molecule has 2 aromatic carbocycles. The summed E-state index contributed by atoms with van der Waals surface area (Å²) < 4.78 is 20.3. The summed E-state index contributed by atoms with van der Waals surface area (Å²) >= 11 is 0. The van der Waals surface area contributed by atoms with Crippen molar-refractivity contribution >= 4 is 17.8 Å². The van der Waals surface area contributed by atoms with Crippen LogP contribution in [0.3, 0.4) is 0 Å². The van der Waals surface area contributed by atoms with Gasteiger partial charge in [-0.15, -0.1) is 0 Å². The number of nitrogens with zero attached hydrogens (tertiary/aromatic N) is 3. The topological polar surface area (TPSA) is 64.4 Å². The van der Waals surface area contributed by atoms with Crippen LogP contribution in [0.4, 0.5) is 4.39 Å². The molecule has 0 aliphatic heterocycles. The van der Waals surface area contributed by atoms with Crippen LogP contribution in [0.25, 0.3) is 11.8 Å². The Morgan fingerprint density at radius 3 is 2.32 bits per heavy atom. The van der Waals surface area contributed by atoms with Gasteiger partial charge in [-0.2, -0.15) is 5.10 Å². The minimum Gasteiger partial charge on any atom is -0.484 e. The summed E-state index contributed by atoms with van der Waals surface area (Å²) in [6, 6.07) is 12.7. The van der Waals surface area contributed by atoms with E-state index in [-0.39, 0.29) is 24.1 Å². The van der Waals surface area contributed by atoms with Crippen molar-refractivity contribution in [2.45, 2.75) is 13.8 Å². The lowest BCUT2D eigenvalue weighted by Gasteiger charge is -2.11. The van der Waals surface area contributed by atoms with Crippen molar-refractivity contribution in [1.82, 2.24) is 14.7 Å². The van der Waals surface area contributed by atoms with Gasteiger partial charge in [0.05, 0.1) is 11.4 Å². The fraction of sp³-hybridized carbons (Fsp3) is 0.208. The number of ether oxygens (including phenoxy) is 1. The molecule has 0 saturated carbocycles. The number of benzene rings is 2. The molecule has 0 spiro atoms. The number of rotatable bonds is 7. The molecular weight excluding hydrogens is 397 g/mol. The van der Waals surface area contributed by atoms with Crippen molar-refractivity contribution < 1.29 is 18.7 Å². The fourth-order valence-corrected chi connectivity index (χ4v) is 2.97. The normalized spacial score (nSPS) is 11.0. The van der Waals surface area contributed by atoms with Gasteiger partial charge in [-0.1, -0.05) is 0 Å². The highest BCUT2D eigenvalue weighted by molar-refractivity contribution is 6.07. The van der Waals surface area contributed by atoms with Crippen molar-refractivity contribution in [2.75, 3.05) is 20.7 Å². The summed E-state index contributed by atoms with van der Waals surface area (Å²) in [5.74, 6) is -0.0982. The number of allylic oxidation sites excluding steroid dienone is 1. The SMILES string of the molecule is Cc1nn(-c2ccc(F)cc2)c(C)c1C=CC(=O)c1ccc(OCC(=O)N(C)C)cc1. The Hall–Kier alpha value is -3.74. The van der Waals surface area contributed by atoms with Crippen LogP contribution >= 0.6 is 0 Å². The van der Waals surface area contributed by atoms with Gasteiger partial charge >= 0.3 is 0 Å². The summed E-state index contributed by atoms with van der Waals surface area (Å²) in [6.07, 6.45) is 3.23. The van der Waals surface area contributed by atoms with Crippen LogP contribution in [-0.4, -0.2) is 47.1 Å². The van der Waals surface area contributed by atoms with E-state index in [1.54, 1.807) is 61.3 Å². The average Bonchev–Trinajstić information content (AvgIpc) is 3.04. The minimum atomic E-state index is -0.309. The van der Waals surface area contributed by atoms with Crippen molar-refractivity contribution in [1.29, 1.82) is 0 Å². The first-order chi connectivity index (χ1) is 14.8. The summed E-state index contributed by atoms with van der Waals surface area (Å²) in [5, 5.41) is 4.50. The number of amides is 1. The first-order valence-electron chi connectivity index (χ1n) is 9.74. The Kier molecular flexibility index (Phi) is 6.65. The standard InChI is InChI=1S/C24H24FN3O3/c1-16-22(17(2)28(26-16)20-9-7-19(25)8-10-20)13-14-23(29)18-5-11-21(12-6-18)31-15-24(30)27(3)4/h5-14H,15H2,1-4H3. The lowest BCUT2D eigenvalue weighted by atomic mass is 10.1. The van der Waals surface area contributed by atoms with Crippen LogP contribution in [0, 0.1) is 19.7 Å². The number of hydrogen-bond donors (Lipinski definition) is 0. The molecule has 0 N–H and O–H groups in total. The zero-order valence-corrected chi connectivity index (χ0v) is 17.9. The van der Waals surface area contributed by atoms with Gasteiger partial charge < -0.3 is 9.64 Å². The quantitative estimate of drug-likeness (QED) is 0.427. The number of carbonyl (C=O) groups excluding carboxylic acids is 2. The van der Waals surface area contributed by atoms with Crippen LogP contribution in [0.15, 0.2) is 54.6 Å². The molecule has 1 amide bonds. The molecule has 7 heteroatoms. The second-order valence-electron chi connectivity index (χ2n) is 7.27. The van der Waals surface area contributed by atoms with E-state index in [9.17, 15) is 14.0 Å². The first-order valence-corrected chi connectivity index (χ1v) is 9.74. The summed E-state index contributed by atoms with van der Waals surface area (Å²) in [7, 11) is 3.32. The van der Waals surface area contributed by atoms with E-state index >= 15 is 0 Å². The second kappa shape index (κ2) is 9.38. The maximum atomic E-state index is 13.2. The van der Waals surface area contributed by atoms with Gasteiger partial charge in [-0.25, -0.2) is 9.07 Å². The van der Waals surface area contributed by atoms with E-state index in [0.29, 0.717) is 11.3 Å². The molecule has 3 aromatic rings. The molecule has 0 unspecified atom stereocenters. The predicted molar refractivity (Wildman–Crippen MR) is 117 cm³/mol. The Bertz CT molecular complexity index is 1110. The third kappa shape index (κ3) is 5.25. The van der Waals surface area contributed by atoms with Gasteiger partial charge in [0.15, 0.2) is 12.4 Å². The Balaban J connectivity index is 1.71. The summed E-state index contributed by atoms with van der Waals surface area (Å²) in [4.78, 5) is 25.6. The lowest BCUT2D eigenvalue weighted by molar-refractivity contribution is -0.130. The lowest BCUT2D eigenvalue weighted by Crippen LogP contribution is -2.27. The highest BCUT2D eigenvalue weighted by Crippen LogP contribution is 2.20. The summed E-state index contributed by atoms with van der Waals surface area (Å²) in [6.45, 7) is 3.70. The zero-order valence-electron chi connectivity index (χ0n) is 17.9. The highest BCUT2D eigenvalue weighted by atomic mass is 19.1. The Morgan fingerprint density at radius 1 is 1.06 bits per heavy atom. The molecule has 0 aliphatic rings. The third-order valence-corrected chi connectivity index (χ3v) is 4.82. The number of likely N-dealkylation sites (N-methyl/N-ethyl adjacent to an activating group) is 1. The molecule has 1 aromatic heterocycles. The third-order valence-electron chi connectivity index (χ3n) is 4.82. The number of aromatic nitrogens is 2. The van der Waals surface area contributed by atoms with Crippen LogP contribution in [0.1, 0.15) is 27.3 Å². The van der Waals surface area contributed by atoms with Gasteiger partial charge in [0.25, 0.3) is 5.91 Å². The number of ketones is 1. The Labute approximate surface area is 180 Å². The molecule has 0 bridgehead atoms. The molecule has 0 aliphatic carbocycles. The molecule has 0 fully saturated rings. The van der Waals surface area contributed by atoms with Crippen molar-refractivity contribution in [2.24, 2.45) is 0 Å². The van der Waals surface area contributed by atoms with E-state index in [0.717, 1.165) is 22.6 Å². The first kappa shape index (κ1) is 22.0. The number of hydrogen-bond acceptors (Lipinski definition) is 4. The highest BCUT2D eigenvalue weighted by Gasteiger charge is 2.12. The average molecular weight is 421 g/mol. The van der Waals surface area contributed by atoms with E-state index in [1.165, 1.54) is 23.1 Å². The van der Waals surface area contributed by atoms with Crippen LogP contribution in [-0.2, 0) is 4.79 Å². The smallest absolute Gasteiger partial charge is 0.259 e. The largest absolute Gasteiger partial charge is 0.484 e. The van der Waals surface area contributed by atoms with Crippen molar-refractivity contribution in [3.8, 4) is 11.4 Å². The van der Waals surface area contributed by atoms with E-state index in [4.69, 9.17) is 4.74 Å². The van der Waals surface area contributed by atoms with Crippen molar-refractivity contribution in [3.63, 3.8) is 0 Å². The maximum Gasteiger partial charge on any atom is 0.259 e. The Morgan fingerprint density at radius 2 is 1.71 bits per heavy atom. The van der Waals surface area contributed by atoms with Gasteiger partial charge in [0.1, 0.15) is 11.6 Å². The van der Waals surface area contributed by atoms with Crippen LogP contribution in [0.5, 0.6) is 5.75 Å².